The van der Waals surface area contributed by atoms with E-state index in [4.69, 9.17) is 0 Å². The van der Waals surface area contributed by atoms with E-state index in [0.717, 1.165) is 5.56 Å². The summed E-state index contributed by atoms with van der Waals surface area (Å²) in [6, 6.07) is 16.7. The molecular formula is C18H22N2O. The van der Waals surface area contributed by atoms with Crippen molar-refractivity contribution in [2.75, 3.05) is 13.6 Å². The molecule has 0 saturated heterocycles. The van der Waals surface area contributed by atoms with Crippen molar-refractivity contribution in [2.45, 2.75) is 19.9 Å². The highest BCUT2D eigenvalue weighted by Crippen LogP contribution is 2.25. The van der Waals surface area contributed by atoms with Gasteiger partial charge < -0.3 is 5.32 Å². The summed E-state index contributed by atoms with van der Waals surface area (Å²) in [7, 11) is 1.65. The Kier molecular flexibility index (Phi) is 5.12. The number of amides is 1. The third kappa shape index (κ3) is 3.92. The first-order valence-electron chi connectivity index (χ1n) is 7.18. The van der Waals surface area contributed by atoms with Crippen LogP contribution in [0.4, 0.5) is 0 Å². The summed E-state index contributed by atoms with van der Waals surface area (Å²) in [5.41, 5.74) is 4.82. The molecule has 0 aliphatic carbocycles. The fourth-order valence-corrected chi connectivity index (χ4v) is 2.41. The van der Waals surface area contributed by atoms with Crippen LogP contribution in [0.3, 0.4) is 0 Å². The van der Waals surface area contributed by atoms with Crippen molar-refractivity contribution in [2.24, 2.45) is 0 Å². The van der Waals surface area contributed by atoms with Gasteiger partial charge in [-0.1, -0.05) is 54.1 Å². The normalized spacial score (nSPS) is 12.0. The van der Waals surface area contributed by atoms with Gasteiger partial charge in [0, 0.05) is 7.05 Å². The molecule has 1 amide bonds. The van der Waals surface area contributed by atoms with Gasteiger partial charge in [0.15, 0.2) is 0 Å². The van der Waals surface area contributed by atoms with E-state index in [2.05, 4.69) is 54.8 Å². The monoisotopic (exact) mass is 282 g/mol. The van der Waals surface area contributed by atoms with Crippen LogP contribution < -0.4 is 10.6 Å². The number of hydrogen-bond acceptors (Lipinski definition) is 2. The van der Waals surface area contributed by atoms with Gasteiger partial charge in [0.05, 0.1) is 12.6 Å². The SMILES string of the molecule is CNC(=O)CNC(c1ccccc1)c1cc(C)ccc1C. The summed E-state index contributed by atoms with van der Waals surface area (Å²) in [6.45, 7) is 4.49. The lowest BCUT2D eigenvalue weighted by Gasteiger charge is -2.22. The maximum atomic E-state index is 11.6. The second-order valence-corrected chi connectivity index (χ2v) is 5.26. The molecule has 0 fully saturated rings. The Morgan fingerprint density at radius 3 is 2.48 bits per heavy atom. The van der Waals surface area contributed by atoms with Crippen molar-refractivity contribution < 1.29 is 4.79 Å². The fourth-order valence-electron chi connectivity index (χ4n) is 2.41. The zero-order chi connectivity index (χ0) is 15.2. The van der Waals surface area contributed by atoms with Crippen LogP contribution in [-0.2, 0) is 4.79 Å². The predicted octanol–water partition coefficient (Wildman–Crippen LogP) is 2.73. The highest BCUT2D eigenvalue weighted by molar-refractivity contribution is 5.77. The van der Waals surface area contributed by atoms with Gasteiger partial charge in [-0.3, -0.25) is 10.1 Å². The first-order chi connectivity index (χ1) is 10.1. The molecule has 0 spiro atoms. The van der Waals surface area contributed by atoms with Crippen LogP contribution in [0.5, 0.6) is 0 Å². The molecule has 0 saturated carbocycles. The minimum Gasteiger partial charge on any atom is -0.358 e. The zero-order valence-electron chi connectivity index (χ0n) is 12.8. The Hall–Kier alpha value is -2.13. The summed E-state index contributed by atoms with van der Waals surface area (Å²) in [5, 5.41) is 6.01. The van der Waals surface area contributed by atoms with Crippen LogP contribution in [0.1, 0.15) is 28.3 Å². The number of rotatable bonds is 5. The molecule has 0 aliphatic heterocycles. The van der Waals surface area contributed by atoms with Gasteiger partial charge in [-0.2, -0.15) is 0 Å². The second-order valence-electron chi connectivity index (χ2n) is 5.26. The lowest BCUT2D eigenvalue weighted by molar-refractivity contribution is -0.119. The van der Waals surface area contributed by atoms with Gasteiger partial charge in [-0.25, -0.2) is 0 Å². The fraction of sp³-hybridized carbons (Fsp3) is 0.278. The van der Waals surface area contributed by atoms with Crippen LogP contribution in [0, 0.1) is 13.8 Å². The second kappa shape index (κ2) is 7.04. The number of carbonyl (C=O) groups is 1. The average Bonchev–Trinajstić information content (AvgIpc) is 2.51. The Balaban J connectivity index is 2.35. The lowest BCUT2D eigenvalue weighted by Crippen LogP contribution is -2.34. The van der Waals surface area contributed by atoms with E-state index in [1.807, 2.05) is 18.2 Å². The first-order valence-corrected chi connectivity index (χ1v) is 7.18. The molecule has 0 radical (unpaired) electrons. The minimum absolute atomic E-state index is 0.0127. The van der Waals surface area contributed by atoms with Crippen LogP contribution >= 0.6 is 0 Å². The van der Waals surface area contributed by atoms with Gasteiger partial charge >= 0.3 is 0 Å². The number of benzene rings is 2. The van der Waals surface area contributed by atoms with E-state index in [1.165, 1.54) is 16.7 Å². The first kappa shape index (κ1) is 15.3. The van der Waals surface area contributed by atoms with E-state index >= 15 is 0 Å². The molecule has 0 aromatic heterocycles. The summed E-state index contributed by atoms with van der Waals surface area (Å²) >= 11 is 0. The van der Waals surface area contributed by atoms with E-state index < -0.39 is 0 Å². The van der Waals surface area contributed by atoms with E-state index in [-0.39, 0.29) is 11.9 Å². The molecule has 2 rings (SSSR count). The van der Waals surface area contributed by atoms with Crippen molar-refractivity contribution in [3.8, 4) is 0 Å². The molecular weight excluding hydrogens is 260 g/mol. The Morgan fingerprint density at radius 1 is 1.10 bits per heavy atom. The Bertz CT molecular complexity index is 608. The van der Waals surface area contributed by atoms with Gasteiger partial charge in [-0.15, -0.1) is 0 Å². The van der Waals surface area contributed by atoms with Crippen LogP contribution in [0.25, 0.3) is 0 Å². The minimum atomic E-state index is -0.0127. The lowest BCUT2D eigenvalue weighted by atomic mass is 9.93. The van der Waals surface area contributed by atoms with E-state index in [0.29, 0.717) is 6.54 Å². The summed E-state index contributed by atoms with van der Waals surface area (Å²) < 4.78 is 0. The molecule has 1 unspecified atom stereocenters. The van der Waals surface area contributed by atoms with Gasteiger partial charge in [0.2, 0.25) is 5.91 Å². The van der Waals surface area contributed by atoms with Gasteiger partial charge in [0.1, 0.15) is 0 Å². The van der Waals surface area contributed by atoms with Crippen molar-refractivity contribution in [3.05, 3.63) is 70.8 Å². The number of nitrogens with one attached hydrogen (secondary N) is 2. The predicted molar refractivity (Wildman–Crippen MR) is 86.3 cm³/mol. The molecule has 0 aliphatic rings. The molecule has 3 heteroatoms. The van der Waals surface area contributed by atoms with Crippen molar-refractivity contribution in [1.82, 2.24) is 10.6 Å². The third-order valence-corrected chi connectivity index (χ3v) is 3.62. The molecule has 2 N–H and O–H groups in total. The molecule has 2 aromatic carbocycles. The largest absolute Gasteiger partial charge is 0.358 e. The van der Waals surface area contributed by atoms with Gasteiger partial charge in [0.25, 0.3) is 0 Å². The van der Waals surface area contributed by atoms with Crippen LogP contribution in [0.2, 0.25) is 0 Å². The molecule has 0 heterocycles. The quantitative estimate of drug-likeness (QED) is 0.885. The third-order valence-electron chi connectivity index (χ3n) is 3.62. The summed E-state index contributed by atoms with van der Waals surface area (Å²) in [5.74, 6) is -0.0127. The van der Waals surface area contributed by atoms with Crippen molar-refractivity contribution >= 4 is 5.91 Å². The Labute approximate surface area is 126 Å². The molecule has 1 atom stereocenters. The molecule has 3 nitrogen and oxygen atoms in total. The highest BCUT2D eigenvalue weighted by atomic mass is 16.1. The zero-order valence-corrected chi connectivity index (χ0v) is 12.8. The highest BCUT2D eigenvalue weighted by Gasteiger charge is 2.16. The summed E-state index contributed by atoms with van der Waals surface area (Å²) in [4.78, 5) is 11.6. The molecule has 2 aromatic rings. The number of likely N-dealkylation sites (N-methyl/N-ethyl adjacent to an activating group) is 1. The number of hydrogen-bond donors (Lipinski definition) is 2. The smallest absolute Gasteiger partial charge is 0.233 e. The maximum Gasteiger partial charge on any atom is 0.233 e. The molecule has 21 heavy (non-hydrogen) atoms. The van der Waals surface area contributed by atoms with Crippen LogP contribution in [0.15, 0.2) is 48.5 Å². The number of carbonyl (C=O) groups excluding carboxylic acids is 1. The van der Waals surface area contributed by atoms with Crippen molar-refractivity contribution in [1.29, 1.82) is 0 Å². The number of aryl methyl sites for hydroxylation is 2. The standard InChI is InChI=1S/C18H22N2O/c1-13-9-10-14(2)16(11-13)18(20-12-17(21)19-3)15-7-5-4-6-8-15/h4-11,18,20H,12H2,1-3H3,(H,19,21). The van der Waals surface area contributed by atoms with Crippen LogP contribution in [-0.4, -0.2) is 19.5 Å². The van der Waals surface area contributed by atoms with Crippen molar-refractivity contribution in [3.63, 3.8) is 0 Å². The van der Waals surface area contributed by atoms with E-state index in [1.54, 1.807) is 7.05 Å². The maximum absolute atomic E-state index is 11.6. The van der Waals surface area contributed by atoms with E-state index in [9.17, 15) is 4.79 Å². The summed E-state index contributed by atoms with van der Waals surface area (Å²) in [6.07, 6.45) is 0. The van der Waals surface area contributed by atoms with Gasteiger partial charge in [-0.05, 0) is 30.5 Å². The molecule has 0 bridgehead atoms. The Morgan fingerprint density at radius 2 is 1.81 bits per heavy atom. The topological polar surface area (TPSA) is 41.1 Å². The molecule has 110 valence electrons. The average molecular weight is 282 g/mol.